The molecular weight excluding hydrogens is 315 g/mol. The van der Waals surface area contributed by atoms with E-state index in [9.17, 15) is 28.1 Å². The smallest absolute Gasteiger partial charge is 0.405 e. The number of alkyl halides is 3. The zero-order valence-electron chi connectivity index (χ0n) is 11.5. The lowest BCUT2D eigenvalue weighted by Gasteiger charge is -2.15. The third-order valence-corrected chi connectivity index (χ3v) is 3.01. The highest BCUT2D eigenvalue weighted by atomic mass is 19.4. The van der Waals surface area contributed by atoms with Crippen LogP contribution in [0.1, 0.15) is 5.56 Å². The zero-order chi connectivity index (χ0) is 17.0. The minimum absolute atomic E-state index is 0.0940. The molecule has 0 bridgehead atoms. The summed E-state index contributed by atoms with van der Waals surface area (Å²) in [5.41, 5.74) is 0.353. The number of ether oxygens (including phenoxy) is 1. The Labute approximate surface area is 128 Å². The Morgan fingerprint density at radius 2 is 1.83 bits per heavy atom. The van der Waals surface area contributed by atoms with Crippen molar-refractivity contribution in [2.24, 2.45) is 0 Å². The number of carbonyl (C=O) groups is 1. The van der Waals surface area contributed by atoms with Crippen LogP contribution >= 0.6 is 0 Å². The van der Waals surface area contributed by atoms with Crippen LogP contribution < -0.4 is 4.74 Å². The lowest BCUT2D eigenvalue weighted by atomic mass is 9.96. The first-order valence-electron chi connectivity index (χ1n) is 6.38. The number of aldehydes is 1. The van der Waals surface area contributed by atoms with Gasteiger partial charge in [0.05, 0.1) is 4.92 Å². The van der Waals surface area contributed by atoms with Gasteiger partial charge in [0.2, 0.25) is 0 Å². The number of para-hydroxylation sites is 1. The van der Waals surface area contributed by atoms with E-state index in [0.717, 1.165) is 18.2 Å². The van der Waals surface area contributed by atoms with E-state index < -0.39 is 17.0 Å². The van der Waals surface area contributed by atoms with Crippen molar-refractivity contribution < 1.29 is 27.6 Å². The van der Waals surface area contributed by atoms with Gasteiger partial charge in [-0.1, -0.05) is 18.2 Å². The van der Waals surface area contributed by atoms with Crippen LogP contribution in [0, 0.1) is 10.1 Å². The molecule has 23 heavy (non-hydrogen) atoms. The van der Waals surface area contributed by atoms with E-state index in [1.165, 1.54) is 24.3 Å². The van der Waals surface area contributed by atoms with Crippen molar-refractivity contribution in [3.63, 3.8) is 0 Å². The molecular formula is C15H10F3NO4. The Hall–Kier alpha value is -2.90. The summed E-state index contributed by atoms with van der Waals surface area (Å²) < 4.78 is 41.4. The number of nitro groups is 1. The van der Waals surface area contributed by atoms with Crippen LogP contribution in [-0.2, 0) is 11.2 Å². The Kier molecular flexibility index (Phi) is 4.63. The summed E-state index contributed by atoms with van der Waals surface area (Å²) in [6.45, 7) is 0. The summed E-state index contributed by atoms with van der Waals surface area (Å²) in [5, 5.41) is 10.8. The highest BCUT2D eigenvalue weighted by molar-refractivity contribution is 5.77. The van der Waals surface area contributed by atoms with Crippen LogP contribution in [0.15, 0.2) is 42.5 Å². The van der Waals surface area contributed by atoms with E-state index in [4.69, 9.17) is 0 Å². The molecule has 2 rings (SSSR count). The molecule has 0 saturated heterocycles. The summed E-state index contributed by atoms with van der Waals surface area (Å²) in [6, 6.07) is 9.02. The second-order valence-corrected chi connectivity index (χ2v) is 4.51. The number of rotatable bonds is 5. The van der Waals surface area contributed by atoms with Crippen molar-refractivity contribution in [3.05, 3.63) is 58.1 Å². The van der Waals surface area contributed by atoms with Gasteiger partial charge in [-0.2, -0.15) is 0 Å². The second-order valence-electron chi connectivity index (χ2n) is 4.51. The molecule has 2 aromatic rings. The van der Waals surface area contributed by atoms with Crippen molar-refractivity contribution in [2.75, 3.05) is 0 Å². The Morgan fingerprint density at radius 1 is 1.13 bits per heavy atom. The maximum Gasteiger partial charge on any atom is 0.573 e. The lowest BCUT2D eigenvalue weighted by Crippen LogP contribution is -2.17. The first-order valence-corrected chi connectivity index (χ1v) is 6.38. The molecule has 0 fully saturated rings. The quantitative estimate of drug-likeness (QED) is 0.475. The molecule has 2 aromatic carbocycles. The van der Waals surface area contributed by atoms with Gasteiger partial charge >= 0.3 is 6.36 Å². The number of benzene rings is 2. The molecule has 0 spiro atoms. The number of halogens is 3. The van der Waals surface area contributed by atoms with Crippen LogP contribution in [0.25, 0.3) is 11.1 Å². The van der Waals surface area contributed by atoms with E-state index in [1.807, 2.05) is 0 Å². The highest BCUT2D eigenvalue weighted by Gasteiger charge is 2.32. The van der Waals surface area contributed by atoms with Crippen molar-refractivity contribution in [2.45, 2.75) is 12.8 Å². The predicted octanol–water partition coefficient (Wildman–Crippen LogP) is 3.90. The molecule has 120 valence electrons. The molecule has 0 atom stereocenters. The van der Waals surface area contributed by atoms with Crippen LogP contribution in [0.2, 0.25) is 0 Å². The number of nitrogens with zero attached hydrogens (tertiary/aromatic N) is 1. The molecule has 8 heteroatoms. The fourth-order valence-corrected chi connectivity index (χ4v) is 2.12. The van der Waals surface area contributed by atoms with Gasteiger partial charge in [0, 0.05) is 24.1 Å². The summed E-state index contributed by atoms with van der Waals surface area (Å²) in [5.74, 6) is -0.444. The number of non-ortho nitro benzene ring substituents is 1. The third-order valence-electron chi connectivity index (χ3n) is 3.01. The van der Waals surface area contributed by atoms with Gasteiger partial charge in [-0.05, 0) is 23.3 Å². The molecule has 5 nitrogen and oxygen atoms in total. The molecule has 0 unspecified atom stereocenters. The molecule has 0 saturated carbocycles. The normalized spacial score (nSPS) is 11.1. The van der Waals surface area contributed by atoms with Crippen LogP contribution in [0.3, 0.4) is 0 Å². The third kappa shape index (κ3) is 4.06. The van der Waals surface area contributed by atoms with E-state index in [-0.39, 0.29) is 28.8 Å². The first-order chi connectivity index (χ1) is 10.8. The van der Waals surface area contributed by atoms with Crippen LogP contribution in [0.5, 0.6) is 5.75 Å². The molecule has 0 N–H and O–H groups in total. The van der Waals surface area contributed by atoms with E-state index in [0.29, 0.717) is 6.29 Å². The summed E-state index contributed by atoms with van der Waals surface area (Å²) in [4.78, 5) is 20.9. The van der Waals surface area contributed by atoms with E-state index in [1.54, 1.807) is 0 Å². The van der Waals surface area contributed by atoms with E-state index >= 15 is 0 Å². The van der Waals surface area contributed by atoms with Crippen molar-refractivity contribution in [3.8, 4) is 16.9 Å². The SMILES string of the molecule is O=CCc1cc([N+](=O)[O-])ccc1-c1ccccc1OC(F)(F)F. The molecule has 0 aromatic heterocycles. The molecule has 0 heterocycles. The first kappa shape index (κ1) is 16.5. The van der Waals surface area contributed by atoms with Crippen molar-refractivity contribution in [1.29, 1.82) is 0 Å². The largest absolute Gasteiger partial charge is 0.573 e. The van der Waals surface area contributed by atoms with Gasteiger partial charge in [-0.15, -0.1) is 13.2 Å². The molecule has 0 aliphatic carbocycles. The second kappa shape index (κ2) is 6.47. The lowest BCUT2D eigenvalue weighted by molar-refractivity contribution is -0.384. The average molecular weight is 325 g/mol. The van der Waals surface area contributed by atoms with Crippen LogP contribution in [0.4, 0.5) is 18.9 Å². The minimum atomic E-state index is -4.87. The Balaban J connectivity index is 2.57. The maximum atomic E-state index is 12.5. The van der Waals surface area contributed by atoms with Gasteiger partial charge in [0.25, 0.3) is 5.69 Å². The van der Waals surface area contributed by atoms with E-state index in [2.05, 4.69) is 4.74 Å². The van der Waals surface area contributed by atoms with Gasteiger partial charge in [-0.25, -0.2) is 0 Å². The van der Waals surface area contributed by atoms with Crippen LogP contribution in [-0.4, -0.2) is 17.6 Å². The number of hydrogen-bond acceptors (Lipinski definition) is 4. The standard InChI is InChI=1S/C15H10F3NO4/c16-15(17,18)23-14-4-2-1-3-13(14)12-6-5-11(19(21)22)9-10(12)7-8-20/h1-6,8-9H,7H2. The number of carbonyl (C=O) groups excluding carboxylic acids is 1. The fourth-order valence-electron chi connectivity index (χ4n) is 2.12. The minimum Gasteiger partial charge on any atom is -0.405 e. The van der Waals surface area contributed by atoms with Gasteiger partial charge < -0.3 is 9.53 Å². The molecule has 0 aliphatic rings. The Morgan fingerprint density at radius 3 is 2.43 bits per heavy atom. The zero-order valence-corrected chi connectivity index (χ0v) is 11.5. The fraction of sp³-hybridized carbons (Fsp3) is 0.133. The van der Waals surface area contributed by atoms with Gasteiger partial charge in [-0.3, -0.25) is 10.1 Å². The van der Waals surface area contributed by atoms with Crippen molar-refractivity contribution in [1.82, 2.24) is 0 Å². The summed E-state index contributed by atoms with van der Waals surface area (Å²) in [6.07, 6.45) is -4.52. The molecule has 0 aliphatic heterocycles. The number of hydrogen-bond donors (Lipinski definition) is 0. The van der Waals surface area contributed by atoms with Gasteiger partial charge in [0.15, 0.2) is 0 Å². The Bertz CT molecular complexity index is 744. The average Bonchev–Trinajstić information content (AvgIpc) is 2.46. The summed E-state index contributed by atoms with van der Waals surface area (Å²) in [7, 11) is 0. The number of nitro benzene ring substituents is 1. The van der Waals surface area contributed by atoms with Gasteiger partial charge in [0.1, 0.15) is 12.0 Å². The van der Waals surface area contributed by atoms with Crippen molar-refractivity contribution >= 4 is 12.0 Å². The monoisotopic (exact) mass is 325 g/mol. The summed E-state index contributed by atoms with van der Waals surface area (Å²) >= 11 is 0. The molecule has 0 radical (unpaired) electrons. The maximum absolute atomic E-state index is 12.5. The highest BCUT2D eigenvalue weighted by Crippen LogP contribution is 2.36. The molecule has 0 amide bonds. The topological polar surface area (TPSA) is 69.4 Å². The predicted molar refractivity (Wildman–Crippen MR) is 75.0 cm³/mol.